The number of hydroxylamine groups is 2. The van der Waals surface area contributed by atoms with Gasteiger partial charge < -0.3 is 4.74 Å². The van der Waals surface area contributed by atoms with Crippen LogP contribution < -0.4 is 0 Å². The van der Waals surface area contributed by atoms with Crippen LogP contribution in [0.25, 0.3) is 0 Å². The lowest BCUT2D eigenvalue weighted by molar-refractivity contribution is -0.321. The van der Waals surface area contributed by atoms with Crippen LogP contribution in [0.15, 0.2) is 0 Å². The number of β-lactam (4-membered cyclic amide) rings is 1. The first kappa shape index (κ1) is 17.5. The van der Waals surface area contributed by atoms with Crippen LogP contribution in [-0.4, -0.2) is 36.1 Å². The van der Waals surface area contributed by atoms with Gasteiger partial charge >= 0.3 is 6.18 Å². The van der Waals surface area contributed by atoms with Gasteiger partial charge in [-0.3, -0.25) is 4.79 Å². The highest BCUT2D eigenvalue weighted by molar-refractivity contribution is 5.84. The first-order valence-corrected chi connectivity index (χ1v) is 7.96. The molecule has 2 saturated heterocycles. The zero-order valence-corrected chi connectivity index (χ0v) is 13.1. The van der Waals surface area contributed by atoms with Gasteiger partial charge in [0.15, 0.2) is 6.29 Å². The molecular weight excluding hydrogens is 299 g/mol. The Morgan fingerprint density at radius 3 is 2.64 bits per heavy atom. The first-order valence-electron chi connectivity index (χ1n) is 7.96. The third kappa shape index (κ3) is 4.59. The number of carbonyl (C=O) groups excluding carboxylic acids is 1. The monoisotopic (exact) mass is 323 g/mol. The SMILES string of the molecule is CC(C)CC1C(=O)N(OC2CCCCO2)[C@H]1CCC(F)(F)F. The Kier molecular flexibility index (Phi) is 5.71. The Morgan fingerprint density at radius 1 is 1.36 bits per heavy atom. The molecule has 0 aromatic rings. The molecule has 0 N–H and O–H groups in total. The molecule has 22 heavy (non-hydrogen) atoms. The molecule has 2 rings (SSSR count). The normalized spacial score (nSPS) is 29.8. The minimum atomic E-state index is -4.21. The molecule has 1 amide bonds. The number of alkyl halides is 3. The van der Waals surface area contributed by atoms with Crippen molar-refractivity contribution in [2.24, 2.45) is 11.8 Å². The van der Waals surface area contributed by atoms with Gasteiger partial charge in [0.25, 0.3) is 5.91 Å². The largest absolute Gasteiger partial charge is 0.389 e. The van der Waals surface area contributed by atoms with Crippen molar-refractivity contribution in [3.8, 4) is 0 Å². The van der Waals surface area contributed by atoms with Crippen LogP contribution in [0.2, 0.25) is 0 Å². The molecule has 0 aromatic carbocycles. The maximum Gasteiger partial charge on any atom is 0.389 e. The Hall–Kier alpha value is -0.820. The van der Waals surface area contributed by atoms with E-state index < -0.39 is 24.9 Å². The Morgan fingerprint density at radius 2 is 2.09 bits per heavy atom. The summed E-state index contributed by atoms with van der Waals surface area (Å²) in [5.74, 6) is -0.323. The molecule has 0 bridgehead atoms. The smallest absolute Gasteiger partial charge is 0.350 e. The highest BCUT2D eigenvalue weighted by Gasteiger charge is 2.50. The molecule has 0 spiro atoms. The molecule has 0 aliphatic carbocycles. The second-order valence-corrected chi connectivity index (χ2v) is 6.52. The summed E-state index contributed by atoms with van der Waals surface area (Å²) >= 11 is 0. The van der Waals surface area contributed by atoms with Gasteiger partial charge in [0.05, 0.1) is 12.0 Å². The number of nitrogens with zero attached hydrogens (tertiary/aromatic N) is 1. The fourth-order valence-electron chi connectivity index (χ4n) is 3.02. The minimum absolute atomic E-state index is 0.112. The van der Waals surface area contributed by atoms with Crippen molar-refractivity contribution in [2.75, 3.05) is 6.61 Å². The van der Waals surface area contributed by atoms with E-state index in [0.717, 1.165) is 17.9 Å². The summed E-state index contributed by atoms with van der Waals surface area (Å²) in [6, 6.07) is -0.498. The molecule has 128 valence electrons. The van der Waals surface area contributed by atoms with Crippen LogP contribution in [0, 0.1) is 11.8 Å². The van der Waals surface area contributed by atoms with Crippen molar-refractivity contribution in [2.45, 2.75) is 70.9 Å². The minimum Gasteiger partial charge on any atom is -0.350 e. The van der Waals surface area contributed by atoms with Gasteiger partial charge in [-0.1, -0.05) is 13.8 Å². The molecule has 2 aliphatic heterocycles. The molecule has 2 heterocycles. The van der Waals surface area contributed by atoms with Crippen LogP contribution in [0.4, 0.5) is 13.2 Å². The predicted molar refractivity (Wildman–Crippen MR) is 73.5 cm³/mol. The van der Waals surface area contributed by atoms with Crippen molar-refractivity contribution < 1.29 is 27.5 Å². The van der Waals surface area contributed by atoms with Crippen molar-refractivity contribution in [3.05, 3.63) is 0 Å². The van der Waals surface area contributed by atoms with Gasteiger partial charge in [-0.2, -0.15) is 13.2 Å². The van der Waals surface area contributed by atoms with E-state index in [-0.39, 0.29) is 24.2 Å². The number of halogens is 3. The van der Waals surface area contributed by atoms with Crippen molar-refractivity contribution in [3.63, 3.8) is 0 Å². The van der Waals surface area contributed by atoms with E-state index in [0.29, 0.717) is 19.4 Å². The molecule has 7 heteroatoms. The van der Waals surface area contributed by atoms with Gasteiger partial charge in [0, 0.05) is 19.4 Å². The number of amides is 1. The maximum atomic E-state index is 12.5. The molecule has 2 aliphatic rings. The van der Waals surface area contributed by atoms with E-state index >= 15 is 0 Å². The fourth-order valence-corrected chi connectivity index (χ4v) is 3.02. The van der Waals surface area contributed by atoms with Gasteiger partial charge in [-0.05, 0) is 31.6 Å². The van der Waals surface area contributed by atoms with Crippen LogP contribution >= 0.6 is 0 Å². The summed E-state index contributed by atoms with van der Waals surface area (Å²) in [6.45, 7) is 4.49. The van der Waals surface area contributed by atoms with Crippen molar-refractivity contribution in [1.82, 2.24) is 5.06 Å². The van der Waals surface area contributed by atoms with Gasteiger partial charge in [0.2, 0.25) is 0 Å². The molecule has 2 fully saturated rings. The van der Waals surface area contributed by atoms with E-state index in [4.69, 9.17) is 9.57 Å². The quantitative estimate of drug-likeness (QED) is 0.700. The van der Waals surface area contributed by atoms with Crippen molar-refractivity contribution in [1.29, 1.82) is 0 Å². The Balaban J connectivity index is 1.94. The van der Waals surface area contributed by atoms with E-state index in [2.05, 4.69) is 0 Å². The summed E-state index contributed by atoms with van der Waals surface area (Å²) in [7, 11) is 0. The molecule has 0 saturated carbocycles. The highest BCUT2D eigenvalue weighted by atomic mass is 19.4. The van der Waals surface area contributed by atoms with E-state index in [1.165, 1.54) is 0 Å². The molecular formula is C15H24F3NO3. The van der Waals surface area contributed by atoms with Gasteiger partial charge in [-0.25, -0.2) is 9.90 Å². The van der Waals surface area contributed by atoms with Crippen LogP contribution in [0.3, 0.4) is 0 Å². The van der Waals surface area contributed by atoms with E-state index in [1.807, 2.05) is 13.8 Å². The first-order chi connectivity index (χ1) is 10.3. The highest BCUT2D eigenvalue weighted by Crippen LogP contribution is 2.38. The number of hydrogen-bond donors (Lipinski definition) is 0. The standard InChI is InChI=1S/C15H24F3NO3/c1-10(2)9-11-12(6-7-15(16,17)18)19(14(11)20)22-13-5-3-4-8-21-13/h10-13H,3-9H2,1-2H3/t11?,12-,13?/m0/s1. The molecule has 4 nitrogen and oxygen atoms in total. The summed E-state index contributed by atoms with van der Waals surface area (Å²) in [4.78, 5) is 17.7. The second kappa shape index (κ2) is 7.17. The summed E-state index contributed by atoms with van der Waals surface area (Å²) < 4.78 is 42.8. The summed E-state index contributed by atoms with van der Waals surface area (Å²) in [6.07, 6.45) is -2.59. The fraction of sp³-hybridized carbons (Fsp3) is 0.933. The second-order valence-electron chi connectivity index (χ2n) is 6.52. The Labute approximate surface area is 128 Å². The van der Waals surface area contributed by atoms with Crippen molar-refractivity contribution >= 4 is 5.91 Å². The van der Waals surface area contributed by atoms with E-state index in [9.17, 15) is 18.0 Å². The third-order valence-electron chi connectivity index (χ3n) is 4.12. The lowest BCUT2D eigenvalue weighted by Gasteiger charge is -2.47. The lowest BCUT2D eigenvalue weighted by atomic mass is 9.80. The zero-order chi connectivity index (χ0) is 16.3. The maximum absolute atomic E-state index is 12.5. The zero-order valence-electron chi connectivity index (χ0n) is 13.1. The molecule has 3 atom stereocenters. The molecule has 0 radical (unpaired) electrons. The number of hydrogen-bond acceptors (Lipinski definition) is 3. The van der Waals surface area contributed by atoms with Crippen LogP contribution in [0.5, 0.6) is 0 Å². The number of rotatable bonds is 6. The predicted octanol–water partition coefficient (Wildman–Crippen LogP) is 3.66. The van der Waals surface area contributed by atoms with E-state index in [1.54, 1.807) is 0 Å². The molecule has 2 unspecified atom stereocenters. The summed E-state index contributed by atoms with van der Waals surface area (Å²) in [5.41, 5.74) is 0. The summed E-state index contributed by atoms with van der Waals surface area (Å²) in [5, 5.41) is 1.13. The number of carbonyl (C=O) groups is 1. The molecule has 0 aromatic heterocycles. The Bertz CT molecular complexity index is 381. The van der Waals surface area contributed by atoms with Gasteiger partial charge in [0.1, 0.15) is 0 Å². The topological polar surface area (TPSA) is 38.8 Å². The third-order valence-corrected chi connectivity index (χ3v) is 4.12. The lowest BCUT2D eigenvalue weighted by Crippen LogP contribution is -2.62. The average Bonchev–Trinajstić information content (AvgIpc) is 2.44. The average molecular weight is 323 g/mol. The number of ether oxygens (including phenoxy) is 1. The van der Waals surface area contributed by atoms with Crippen LogP contribution in [0.1, 0.15) is 52.4 Å². The van der Waals surface area contributed by atoms with Crippen LogP contribution in [-0.2, 0) is 14.4 Å². The van der Waals surface area contributed by atoms with Gasteiger partial charge in [-0.15, -0.1) is 0 Å².